The molecule has 1 fully saturated rings. The first-order valence-electron chi connectivity index (χ1n) is 6.45. The van der Waals surface area contributed by atoms with Crippen molar-refractivity contribution in [2.45, 2.75) is 31.2 Å². The summed E-state index contributed by atoms with van der Waals surface area (Å²) in [5.74, 6) is 1.44. The molecule has 1 N–H and O–H groups in total. The van der Waals surface area contributed by atoms with Gasteiger partial charge >= 0.3 is 0 Å². The van der Waals surface area contributed by atoms with Gasteiger partial charge in [0.1, 0.15) is 0 Å². The third kappa shape index (κ3) is 2.59. The first-order chi connectivity index (χ1) is 8.92. The molecule has 0 atom stereocenters. The Balaban J connectivity index is 1.38. The molecule has 1 saturated carbocycles. The Hall–Kier alpha value is -1.68. The normalized spacial score (nSPS) is 22.7. The summed E-state index contributed by atoms with van der Waals surface area (Å²) in [6.45, 7) is 0.911. The Morgan fingerprint density at radius 2 is 2.06 bits per heavy atom. The van der Waals surface area contributed by atoms with Crippen LogP contribution in [0.1, 0.15) is 30.2 Å². The van der Waals surface area contributed by atoms with Crippen LogP contribution < -0.4 is 5.32 Å². The first-order valence-corrected chi connectivity index (χ1v) is 6.45. The van der Waals surface area contributed by atoms with E-state index < -0.39 is 0 Å². The molecule has 1 aliphatic rings. The number of nitrogens with one attached hydrogen (secondary N) is 1. The average molecular weight is 243 g/mol. The first kappa shape index (κ1) is 11.4. The fraction of sp³-hybridized carbons (Fsp3) is 0.429. The van der Waals surface area contributed by atoms with Gasteiger partial charge in [-0.1, -0.05) is 35.5 Å². The van der Waals surface area contributed by atoms with Crippen LogP contribution >= 0.6 is 0 Å². The minimum Gasteiger partial charge on any atom is -0.340 e. The van der Waals surface area contributed by atoms with Gasteiger partial charge < -0.3 is 9.84 Å². The van der Waals surface area contributed by atoms with E-state index >= 15 is 0 Å². The number of rotatable bonds is 5. The quantitative estimate of drug-likeness (QED) is 0.874. The van der Waals surface area contributed by atoms with Crippen LogP contribution in [0.3, 0.4) is 0 Å². The van der Waals surface area contributed by atoms with Gasteiger partial charge in [-0.05, 0) is 24.3 Å². The lowest BCUT2D eigenvalue weighted by molar-refractivity contribution is 0.287. The molecule has 0 saturated heterocycles. The van der Waals surface area contributed by atoms with E-state index in [1.54, 1.807) is 0 Å². The monoisotopic (exact) mass is 243 g/mol. The largest absolute Gasteiger partial charge is 0.340 e. The van der Waals surface area contributed by atoms with E-state index in [9.17, 15) is 0 Å². The van der Waals surface area contributed by atoms with Gasteiger partial charge in [0, 0.05) is 19.0 Å². The second-order valence-corrected chi connectivity index (χ2v) is 4.82. The zero-order valence-corrected chi connectivity index (χ0v) is 10.2. The van der Waals surface area contributed by atoms with Gasteiger partial charge in [0.15, 0.2) is 6.33 Å². The van der Waals surface area contributed by atoms with Crippen molar-refractivity contribution in [2.24, 2.45) is 0 Å². The van der Waals surface area contributed by atoms with Gasteiger partial charge in [0.2, 0.25) is 5.89 Å². The summed E-state index contributed by atoms with van der Waals surface area (Å²) in [5, 5.41) is 7.12. The summed E-state index contributed by atoms with van der Waals surface area (Å²) in [7, 11) is 0. The molecule has 3 rings (SSSR count). The molecule has 1 aromatic carbocycles. The lowest BCUT2D eigenvalue weighted by Gasteiger charge is -2.36. The van der Waals surface area contributed by atoms with Gasteiger partial charge in [0.05, 0.1) is 0 Å². The maximum absolute atomic E-state index is 4.96. The topological polar surface area (TPSA) is 51.0 Å². The van der Waals surface area contributed by atoms with Crippen molar-refractivity contribution < 1.29 is 4.52 Å². The summed E-state index contributed by atoms with van der Waals surface area (Å²) in [4.78, 5) is 4.00. The predicted molar refractivity (Wildman–Crippen MR) is 68.2 cm³/mol. The lowest BCUT2D eigenvalue weighted by atomic mass is 9.76. The minimum absolute atomic E-state index is 0.637. The van der Waals surface area contributed by atoms with Crippen molar-refractivity contribution in [1.29, 1.82) is 0 Å². The zero-order chi connectivity index (χ0) is 12.2. The van der Waals surface area contributed by atoms with Gasteiger partial charge in [-0.15, -0.1) is 0 Å². The van der Waals surface area contributed by atoms with Crippen LogP contribution in [0.4, 0.5) is 0 Å². The fourth-order valence-corrected chi connectivity index (χ4v) is 2.47. The molecule has 1 aliphatic carbocycles. The maximum Gasteiger partial charge on any atom is 0.227 e. The number of benzene rings is 1. The Bertz CT molecular complexity index is 463. The van der Waals surface area contributed by atoms with E-state index in [2.05, 4.69) is 45.8 Å². The van der Waals surface area contributed by atoms with E-state index in [-0.39, 0.29) is 0 Å². The fourth-order valence-electron chi connectivity index (χ4n) is 2.47. The van der Waals surface area contributed by atoms with Gasteiger partial charge in [-0.25, -0.2) is 0 Å². The number of hydrogen-bond acceptors (Lipinski definition) is 4. The standard InChI is InChI=1S/C14H17N3O/c1-2-4-11(5-3-1)12-8-13(9-12)15-7-6-14-16-10-17-18-14/h1-5,10,12-13,15H,6-9H2. The van der Waals surface area contributed by atoms with Crippen LogP contribution in [-0.4, -0.2) is 22.7 Å². The molecule has 0 amide bonds. The van der Waals surface area contributed by atoms with Gasteiger partial charge in [-0.2, -0.15) is 4.98 Å². The molecule has 18 heavy (non-hydrogen) atoms. The molecule has 0 bridgehead atoms. The number of nitrogens with zero attached hydrogens (tertiary/aromatic N) is 2. The molecule has 1 aromatic heterocycles. The zero-order valence-electron chi connectivity index (χ0n) is 10.2. The van der Waals surface area contributed by atoms with Crippen molar-refractivity contribution in [2.75, 3.05) is 6.54 Å². The van der Waals surface area contributed by atoms with Crippen LogP contribution in [0.2, 0.25) is 0 Å². The van der Waals surface area contributed by atoms with E-state index in [4.69, 9.17) is 4.52 Å². The minimum atomic E-state index is 0.637. The summed E-state index contributed by atoms with van der Waals surface area (Å²) < 4.78 is 4.96. The maximum atomic E-state index is 4.96. The third-order valence-electron chi connectivity index (χ3n) is 3.59. The third-order valence-corrected chi connectivity index (χ3v) is 3.59. The predicted octanol–water partition coefficient (Wildman–Crippen LogP) is 2.15. The number of aromatic nitrogens is 2. The van der Waals surface area contributed by atoms with Gasteiger partial charge in [0.25, 0.3) is 0 Å². The second kappa shape index (κ2) is 5.31. The highest BCUT2D eigenvalue weighted by Gasteiger charge is 2.29. The van der Waals surface area contributed by atoms with Crippen molar-refractivity contribution in [3.8, 4) is 0 Å². The Morgan fingerprint density at radius 1 is 1.22 bits per heavy atom. The Labute approximate surface area is 106 Å². The highest BCUT2D eigenvalue weighted by molar-refractivity contribution is 5.22. The molecule has 0 aliphatic heterocycles. The SMILES string of the molecule is c1ccc(C2CC(NCCc3ncno3)C2)cc1. The molecular weight excluding hydrogens is 226 g/mol. The van der Waals surface area contributed by atoms with Crippen LogP contribution in [-0.2, 0) is 6.42 Å². The average Bonchev–Trinajstić information content (AvgIpc) is 2.86. The van der Waals surface area contributed by atoms with Gasteiger partial charge in [-0.3, -0.25) is 0 Å². The van der Waals surface area contributed by atoms with Crippen molar-refractivity contribution in [1.82, 2.24) is 15.5 Å². The molecule has 4 heteroatoms. The molecule has 1 heterocycles. The van der Waals surface area contributed by atoms with E-state index in [1.165, 1.54) is 24.7 Å². The van der Waals surface area contributed by atoms with Crippen molar-refractivity contribution in [3.63, 3.8) is 0 Å². The summed E-state index contributed by atoms with van der Waals surface area (Å²) in [6.07, 6.45) is 4.72. The lowest BCUT2D eigenvalue weighted by Crippen LogP contribution is -2.40. The highest BCUT2D eigenvalue weighted by atomic mass is 16.5. The molecular formula is C14H17N3O. The molecule has 2 aromatic rings. The van der Waals surface area contributed by atoms with Crippen molar-refractivity contribution >= 4 is 0 Å². The summed E-state index contributed by atoms with van der Waals surface area (Å²) >= 11 is 0. The molecule has 0 unspecified atom stereocenters. The van der Waals surface area contributed by atoms with Crippen molar-refractivity contribution in [3.05, 3.63) is 48.1 Å². The molecule has 0 spiro atoms. The van der Waals surface area contributed by atoms with Crippen LogP contribution in [0.5, 0.6) is 0 Å². The second-order valence-electron chi connectivity index (χ2n) is 4.82. The van der Waals surface area contributed by atoms with Crippen LogP contribution in [0, 0.1) is 0 Å². The Morgan fingerprint density at radius 3 is 2.78 bits per heavy atom. The van der Waals surface area contributed by atoms with E-state index in [0.29, 0.717) is 11.9 Å². The molecule has 94 valence electrons. The van der Waals surface area contributed by atoms with Crippen LogP contribution in [0.15, 0.2) is 41.2 Å². The Kier molecular flexibility index (Phi) is 3.37. The summed E-state index contributed by atoms with van der Waals surface area (Å²) in [5.41, 5.74) is 1.47. The summed E-state index contributed by atoms with van der Waals surface area (Å²) in [6, 6.07) is 11.4. The van der Waals surface area contributed by atoms with Crippen LogP contribution in [0.25, 0.3) is 0 Å². The number of hydrogen-bond donors (Lipinski definition) is 1. The highest BCUT2D eigenvalue weighted by Crippen LogP contribution is 2.36. The van der Waals surface area contributed by atoms with E-state index in [0.717, 1.165) is 18.9 Å². The smallest absolute Gasteiger partial charge is 0.227 e. The van der Waals surface area contributed by atoms with E-state index in [1.807, 2.05) is 0 Å². The molecule has 4 nitrogen and oxygen atoms in total. The molecule has 0 radical (unpaired) electrons.